The van der Waals surface area contributed by atoms with Gasteiger partial charge < -0.3 is 14.2 Å². The number of rotatable bonds is 4. The van der Waals surface area contributed by atoms with Crippen molar-refractivity contribution in [2.75, 3.05) is 39.4 Å². The molecule has 6 nitrogen and oxygen atoms in total. The second-order valence-corrected chi connectivity index (χ2v) is 10.0. The largest absolute Gasteiger partial charge is 0.379 e. The Morgan fingerprint density at radius 3 is 2.46 bits per heavy atom. The summed E-state index contributed by atoms with van der Waals surface area (Å²) in [5.74, 6) is 0.579. The normalized spacial score (nSPS) is 22.0. The average Bonchev–Trinajstić information content (AvgIpc) is 2.90. The lowest BCUT2D eigenvalue weighted by atomic mass is 9.82. The number of likely N-dealkylation sites (tertiary alicyclic amines) is 1. The van der Waals surface area contributed by atoms with Crippen LogP contribution in [0.1, 0.15) is 34.0 Å². The molecule has 3 aliphatic heterocycles. The predicted octanol–water partition coefficient (Wildman–Crippen LogP) is 3.61. The number of ether oxygens (including phenoxy) is 1. The molecular formula is C29H31N3O3. The van der Waals surface area contributed by atoms with Crippen LogP contribution in [0.2, 0.25) is 0 Å². The molecule has 0 unspecified atom stereocenters. The standard InChI is InChI=1S/C29H31N3O3/c33-28(22-6-2-1-3-7-22)31-17-21-16-24(20-31)27-11-10-26(29(34)32(27)18-21)25-9-5-4-8-23(25)19-30-12-14-35-15-13-30/h1-11,21,24H,12-20H2/t21-,24+/m0/s1. The monoisotopic (exact) mass is 469 g/mol. The zero-order valence-corrected chi connectivity index (χ0v) is 19.9. The van der Waals surface area contributed by atoms with Gasteiger partial charge in [-0.25, -0.2) is 0 Å². The molecule has 2 aromatic carbocycles. The minimum Gasteiger partial charge on any atom is -0.379 e. The van der Waals surface area contributed by atoms with E-state index in [-0.39, 0.29) is 17.4 Å². The first-order valence-corrected chi connectivity index (χ1v) is 12.6. The van der Waals surface area contributed by atoms with E-state index in [4.69, 9.17) is 4.74 Å². The van der Waals surface area contributed by atoms with Crippen molar-refractivity contribution in [1.29, 1.82) is 0 Å². The summed E-state index contributed by atoms with van der Waals surface area (Å²) in [6, 6.07) is 21.9. The topological polar surface area (TPSA) is 54.8 Å². The molecule has 3 aliphatic rings. The van der Waals surface area contributed by atoms with Crippen molar-refractivity contribution < 1.29 is 9.53 Å². The van der Waals surface area contributed by atoms with E-state index in [1.807, 2.05) is 51.9 Å². The molecule has 35 heavy (non-hydrogen) atoms. The first-order valence-electron chi connectivity index (χ1n) is 12.6. The molecule has 0 spiro atoms. The van der Waals surface area contributed by atoms with Crippen LogP contribution in [0.15, 0.2) is 71.5 Å². The molecule has 1 amide bonds. The third-order valence-corrected chi connectivity index (χ3v) is 7.72. The lowest BCUT2D eigenvalue weighted by molar-refractivity contribution is 0.0342. The highest BCUT2D eigenvalue weighted by Crippen LogP contribution is 2.36. The van der Waals surface area contributed by atoms with E-state index < -0.39 is 0 Å². The summed E-state index contributed by atoms with van der Waals surface area (Å²) in [6.07, 6.45) is 1.03. The summed E-state index contributed by atoms with van der Waals surface area (Å²) in [5, 5.41) is 0. The lowest BCUT2D eigenvalue weighted by Gasteiger charge is -2.43. The van der Waals surface area contributed by atoms with Gasteiger partial charge in [-0.05, 0) is 47.7 Å². The van der Waals surface area contributed by atoms with Gasteiger partial charge in [0.2, 0.25) is 0 Å². The molecule has 1 aromatic heterocycles. The molecular weight excluding hydrogens is 438 g/mol. The fourth-order valence-electron chi connectivity index (χ4n) is 6.00. The van der Waals surface area contributed by atoms with Crippen LogP contribution in [0.4, 0.5) is 0 Å². The van der Waals surface area contributed by atoms with Crippen molar-refractivity contribution in [3.8, 4) is 11.1 Å². The SMILES string of the molecule is O=C(c1ccccc1)N1C[C@@H]2C[C@H](C1)c1ccc(-c3ccccc3CN3CCOCC3)c(=O)n1C2. The molecule has 3 aromatic rings. The van der Waals surface area contributed by atoms with Crippen molar-refractivity contribution in [2.24, 2.45) is 5.92 Å². The van der Waals surface area contributed by atoms with Gasteiger partial charge in [0.05, 0.1) is 13.2 Å². The van der Waals surface area contributed by atoms with Crippen LogP contribution in [0.25, 0.3) is 11.1 Å². The van der Waals surface area contributed by atoms with Gasteiger partial charge in [0.15, 0.2) is 0 Å². The van der Waals surface area contributed by atoms with Crippen molar-refractivity contribution in [3.63, 3.8) is 0 Å². The highest BCUT2D eigenvalue weighted by molar-refractivity contribution is 5.94. The van der Waals surface area contributed by atoms with E-state index in [1.165, 1.54) is 5.56 Å². The zero-order valence-electron chi connectivity index (χ0n) is 19.9. The number of fused-ring (bicyclic) bond motifs is 4. The Hall–Kier alpha value is -3.22. The highest BCUT2D eigenvalue weighted by Gasteiger charge is 2.37. The fraction of sp³-hybridized carbons (Fsp3) is 0.379. The van der Waals surface area contributed by atoms with Gasteiger partial charge in [-0.1, -0.05) is 42.5 Å². The maximum Gasteiger partial charge on any atom is 0.258 e. The minimum atomic E-state index is 0.0877. The number of aromatic nitrogens is 1. The van der Waals surface area contributed by atoms with Crippen LogP contribution in [0, 0.1) is 5.92 Å². The summed E-state index contributed by atoms with van der Waals surface area (Å²) >= 11 is 0. The summed E-state index contributed by atoms with van der Waals surface area (Å²) in [5.41, 5.74) is 4.87. The second kappa shape index (κ2) is 9.44. The Morgan fingerprint density at radius 1 is 0.857 bits per heavy atom. The Morgan fingerprint density at radius 2 is 1.63 bits per heavy atom. The number of carbonyl (C=O) groups excluding carboxylic acids is 1. The van der Waals surface area contributed by atoms with Gasteiger partial charge in [0.1, 0.15) is 0 Å². The molecule has 6 heteroatoms. The summed E-state index contributed by atoms with van der Waals surface area (Å²) < 4.78 is 7.49. The molecule has 0 aliphatic carbocycles. The molecule has 0 saturated carbocycles. The number of amides is 1. The van der Waals surface area contributed by atoms with Gasteiger partial charge in [0.25, 0.3) is 11.5 Å². The van der Waals surface area contributed by atoms with E-state index in [0.29, 0.717) is 25.6 Å². The van der Waals surface area contributed by atoms with E-state index in [2.05, 4.69) is 29.2 Å². The quantitative estimate of drug-likeness (QED) is 0.586. The minimum absolute atomic E-state index is 0.0877. The number of piperidine rings is 1. The Labute approximate surface area is 205 Å². The van der Waals surface area contributed by atoms with Crippen LogP contribution >= 0.6 is 0 Å². The van der Waals surface area contributed by atoms with Crippen molar-refractivity contribution >= 4 is 5.91 Å². The number of hydrogen-bond acceptors (Lipinski definition) is 4. The van der Waals surface area contributed by atoms with Gasteiger partial charge in [-0.2, -0.15) is 0 Å². The molecule has 2 fully saturated rings. The Balaban J connectivity index is 1.29. The second-order valence-electron chi connectivity index (χ2n) is 10.0. The number of pyridine rings is 1. The molecule has 2 bridgehead atoms. The molecule has 4 heterocycles. The van der Waals surface area contributed by atoms with E-state index in [0.717, 1.165) is 61.7 Å². The fourth-order valence-corrected chi connectivity index (χ4v) is 6.00. The third kappa shape index (κ3) is 4.32. The van der Waals surface area contributed by atoms with Gasteiger partial charge in [-0.15, -0.1) is 0 Å². The Kier molecular flexibility index (Phi) is 6.00. The van der Waals surface area contributed by atoms with Crippen LogP contribution < -0.4 is 5.56 Å². The third-order valence-electron chi connectivity index (χ3n) is 7.72. The van der Waals surface area contributed by atoms with E-state index in [9.17, 15) is 9.59 Å². The van der Waals surface area contributed by atoms with Crippen molar-refractivity contribution in [1.82, 2.24) is 14.4 Å². The Bertz CT molecular complexity index is 1280. The summed E-state index contributed by atoms with van der Waals surface area (Å²) in [4.78, 5) is 31.2. The number of hydrogen-bond donors (Lipinski definition) is 0. The maximum absolute atomic E-state index is 13.8. The maximum atomic E-state index is 13.8. The van der Waals surface area contributed by atoms with Crippen molar-refractivity contribution in [2.45, 2.75) is 25.4 Å². The number of morpholine rings is 1. The zero-order chi connectivity index (χ0) is 23.8. The summed E-state index contributed by atoms with van der Waals surface area (Å²) in [7, 11) is 0. The number of carbonyl (C=O) groups is 1. The van der Waals surface area contributed by atoms with E-state index in [1.54, 1.807) is 0 Å². The molecule has 0 N–H and O–H groups in total. The molecule has 6 rings (SSSR count). The average molecular weight is 470 g/mol. The smallest absolute Gasteiger partial charge is 0.258 e. The predicted molar refractivity (Wildman–Crippen MR) is 135 cm³/mol. The van der Waals surface area contributed by atoms with Crippen molar-refractivity contribution in [3.05, 3.63) is 93.9 Å². The first-order chi connectivity index (χ1) is 17.2. The number of nitrogens with zero attached hydrogens (tertiary/aromatic N) is 3. The van der Waals surface area contributed by atoms with Gasteiger partial charge in [-0.3, -0.25) is 14.5 Å². The first kappa shape index (κ1) is 22.3. The van der Waals surface area contributed by atoms with Crippen LogP contribution in [0.5, 0.6) is 0 Å². The highest BCUT2D eigenvalue weighted by atomic mass is 16.5. The molecule has 0 radical (unpaired) electrons. The van der Waals surface area contributed by atoms with Crippen LogP contribution in [0.3, 0.4) is 0 Å². The van der Waals surface area contributed by atoms with Gasteiger partial charge in [0, 0.05) is 62.0 Å². The van der Waals surface area contributed by atoms with E-state index >= 15 is 0 Å². The van der Waals surface area contributed by atoms with Crippen LogP contribution in [-0.2, 0) is 17.8 Å². The lowest BCUT2D eigenvalue weighted by Crippen LogP contribution is -2.49. The van der Waals surface area contributed by atoms with Gasteiger partial charge >= 0.3 is 0 Å². The summed E-state index contributed by atoms with van der Waals surface area (Å²) in [6.45, 7) is 6.21. The molecule has 180 valence electrons. The molecule has 2 atom stereocenters. The number of benzene rings is 2. The molecule has 2 saturated heterocycles. The van der Waals surface area contributed by atoms with Crippen LogP contribution in [-0.4, -0.2) is 59.7 Å².